The highest BCUT2D eigenvalue weighted by atomic mass is 32.1. The number of nitrogens with two attached hydrogens (primary N) is 1. The molecule has 0 saturated heterocycles. The van der Waals surface area contributed by atoms with Crippen molar-refractivity contribution in [1.29, 1.82) is 0 Å². The maximum absolute atomic E-state index is 13.2. The van der Waals surface area contributed by atoms with Crippen LogP contribution in [-0.4, -0.2) is 61.4 Å². The highest BCUT2D eigenvalue weighted by Crippen LogP contribution is 2.39. The molecule has 164 valence electrons. The lowest BCUT2D eigenvalue weighted by Crippen LogP contribution is -3.05. The van der Waals surface area contributed by atoms with Crippen molar-refractivity contribution in [1.82, 2.24) is 4.90 Å². The molecule has 0 radical (unpaired) electrons. The fraction of sp³-hybridized carbons (Fsp3) is 0.318. The second-order valence-electron chi connectivity index (χ2n) is 7.60. The molecule has 8 nitrogen and oxygen atoms in total. The third kappa shape index (κ3) is 5.12. The molecule has 0 bridgehead atoms. The summed E-state index contributed by atoms with van der Waals surface area (Å²) in [7, 11) is 4.05. The zero-order chi connectivity index (χ0) is 22.5. The van der Waals surface area contributed by atoms with Gasteiger partial charge in [-0.3, -0.25) is 14.4 Å². The highest BCUT2D eigenvalue weighted by molar-refractivity contribution is 7.12. The maximum atomic E-state index is 13.2. The Hall–Kier alpha value is -3.17. The van der Waals surface area contributed by atoms with Gasteiger partial charge in [0.15, 0.2) is 12.4 Å². The van der Waals surface area contributed by atoms with Gasteiger partial charge in [0.1, 0.15) is 5.75 Å². The molecule has 2 amide bonds. The standard InChI is InChI=1S/C22H25N3O5S/c1-24(2)10-4-11-25-19(14-6-8-15(9-7-14)30-13-17(23)26)18(21(28)22(25)29)20(27)16-5-3-12-31-16/h3,5-9,12,19,28H,4,10-11,13H2,1-2H3,(H2,23,26)/p+1/t19-/m1/s1. The first-order valence-electron chi connectivity index (χ1n) is 9.92. The molecule has 31 heavy (non-hydrogen) atoms. The van der Waals surface area contributed by atoms with Gasteiger partial charge < -0.3 is 25.4 Å². The van der Waals surface area contributed by atoms with E-state index in [9.17, 15) is 19.5 Å². The van der Waals surface area contributed by atoms with Crippen LogP contribution in [0.4, 0.5) is 0 Å². The number of hydrogen-bond acceptors (Lipinski definition) is 6. The number of hydrogen-bond donors (Lipinski definition) is 3. The summed E-state index contributed by atoms with van der Waals surface area (Å²) in [6, 6.07) is 9.46. The average molecular weight is 445 g/mol. The molecule has 3 rings (SSSR count). The van der Waals surface area contributed by atoms with Crippen molar-refractivity contribution in [3.63, 3.8) is 0 Å². The highest BCUT2D eigenvalue weighted by Gasteiger charge is 2.43. The number of thiophene rings is 1. The van der Waals surface area contributed by atoms with Crippen LogP contribution in [0.25, 0.3) is 0 Å². The van der Waals surface area contributed by atoms with Crippen molar-refractivity contribution in [2.45, 2.75) is 12.5 Å². The third-order valence-corrected chi connectivity index (χ3v) is 5.81. The summed E-state index contributed by atoms with van der Waals surface area (Å²) in [6.45, 7) is 0.994. The number of carbonyl (C=O) groups is 3. The molecule has 2 aromatic rings. The molecule has 0 saturated carbocycles. The van der Waals surface area contributed by atoms with E-state index in [1.54, 1.807) is 46.7 Å². The zero-order valence-corrected chi connectivity index (χ0v) is 18.3. The molecule has 1 aliphatic rings. The quantitative estimate of drug-likeness (QED) is 0.468. The zero-order valence-electron chi connectivity index (χ0n) is 17.5. The topological polar surface area (TPSA) is 114 Å². The van der Waals surface area contributed by atoms with Gasteiger partial charge in [-0.05, 0) is 29.1 Å². The van der Waals surface area contributed by atoms with E-state index in [0.29, 0.717) is 22.7 Å². The summed E-state index contributed by atoms with van der Waals surface area (Å²) in [4.78, 5) is 40.2. The number of ketones is 1. The molecule has 2 heterocycles. The summed E-state index contributed by atoms with van der Waals surface area (Å²) >= 11 is 1.26. The van der Waals surface area contributed by atoms with E-state index in [-0.39, 0.29) is 18.0 Å². The molecule has 0 unspecified atom stereocenters. The van der Waals surface area contributed by atoms with E-state index in [1.165, 1.54) is 16.2 Å². The van der Waals surface area contributed by atoms with Gasteiger partial charge in [-0.25, -0.2) is 0 Å². The Kier molecular flexibility index (Phi) is 7.09. The van der Waals surface area contributed by atoms with Gasteiger partial charge in [0.05, 0.1) is 37.1 Å². The van der Waals surface area contributed by atoms with Crippen molar-refractivity contribution < 1.29 is 29.1 Å². The summed E-state index contributed by atoms with van der Waals surface area (Å²) in [5, 5.41) is 12.4. The maximum Gasteiger partial charge on any atom is 0.290 e. The first-order valence-corrected chi connectivity index (χ1v) is 10.8. The lowest BCUT2D eigenvalue weighted by Gasteiger charge is -2.27. The van der Waals surface area contributed by atoms with E-state index >= 15 is 0 Å². The minimum absolute atomic E-state index is 0.0791. The van der Waals surface area contributed by atoms with Crippen molar-refractivity contribution in [2.24, 2.45) is 5.73 Å². The second kappa shape index (κ2) is 9.76. The van der Waals surface area contributed by atoms with Gasteiger partial charge in [0.25, 0.3) is 11.8 Å². The van der Waals surface area contributed by atoms with E-state index < -0.39 is 23.6 Å². The Labute approximate surface area is 184 Å². The smallest absolute Gasteiger partial charge is 0.290 e. The Balaban J connectivity index is 1.93. The van der Waals surface area contributed by atoms with Crippen LogP contribution >= 0.6 is 11.3 Å². The molecular weight excluding hydrogens is 418 g/mol. The van der Waals surface area contributed by atoms with E-state index in [1.807, 2.05) is 14.1 Å². The van der Waals surface area contributed by atoms with Crippen molar-refractivity contribution in [3.05, 3.63) is 63.6 Å². The van der Waals surface area contributed by atoms with Crippen LogP contribution in [-0.2, 0) is 9.59 Å². The summed E-state index contributed by atoms with van der Waals surface area (Å²) in [6.07, 6.45) is 0.720. The van der Waals surface area contributed by atoms with Crippen molar-refractivity contribution >= 4 is 28.9 Å². The summed E-state index contributed by atoms with van der Waals surface area (Å²) in [5.41, 5.74) is 5.85. The number of benzene rings is 1. The molecule has 0 spiro atoms. The van der Waals surface area contributed by atoms with Gasteiger partial charge in [0.2, 0.25) is 5.78 Å². The van der Waals surface area contributed by atoms with Gasteiger partial charge >= 0.3 is 0 Å². The average Bonchev–Trinajstić information content (AvgIpc) is 3.35. The predicted octanol–water partition coefficient (Wildman–Crippen LogP) is 0.725. The summed E-state index contributed by atoms with van der Waals surface area (Å²) < 4.78 is 5.29. The lowest BCUT2D eigenvalue weighted by atomic mass is 9.95. The first kappa shape index (κ1) is 22.5. The number of Topliss-reactive ketones (excluding diaryl/α,β-unsaturated/α-hetero) is 1. The number of rotatable bonds is 10. The first-order chi connectivity index (χ1) is 14.8. The van der Waals surface area contributed by atoms with Crippen LogP contribution in [0, 0.1) is 0 Å². The number of nitrogens with one attached hydrogen (secondary N) is 1. The SMILES string of the molecule is C[NH+](C)CCCN1C(=O)C(O)=C(C(=O)c2cccs2)[C@H]1c1ccc(OCC(N)=O)cc1. The largest absolute Gasteiger partial charge is 0.503 e. The number of quaternary nitrogens is 1. The van der Waals surface area contributed by atoms with Crippen molar-refractivity contribution in [3.8, 4) is 5.75 Å². The van der Waals surface area contributed by atoms with Gasteiger partial charge in [-0.2, -0.15) is 0 Å². The minimum atomic E-state index is -0.704. The van der Waals surface area contributed by atoms with Crippen molar-refractivity contribution in [2.75, 3.05) is 33.8 Å². The Morgan fingerprint density at radius 3 is 2.52 bits per heavy atom. The van der Waals surface area contributed by atoms with E-state index in [4.69, 9.17) is 10.5 Å². The number of carbonyl (C=O) groups excluding carboxylic acids is 3. The van der Waals surface area contributed by atoms with Gasteiger partial charge in [-0.1, -0.05) is 18.2 Å². The number of amides is 2. The van der Waals surface area contributed by atoms with E-state index in [0.717, 1.165) is 13.0 Å². The number of aliphatic hydroxyl groups excluding tert-OH is 1. The van der Waals surface area contributed by atoms with Crippen LogP contribution in [0.2, 0.25) is 0 Å². The van der Waals surface area contributed by atoms with Gasteiger partial charge in [0, 0.05) is 13.0 Å². The minimum Gasteiger partial charge on any atom is -0.503 e. The number of ether oxygens (including phenoxy) is 1. The Morgan fingerprint density at radius 1 is 1.23 bits per heavy atom. The van der Waals surface area contributed by atoms with Crippen LogP contribution in [0.1, 0.15) is 27.7 Å². The molecule has 1 atom stereocenters. The number of nitrogens with zero attached hydrogens (tertiary/aromatic N) is 1. The third-order valence-electron chi connectivity index (χ3n) is 4.95. The molecule has 0 fully saturated rings. The van der Waals surface area contributed by atoms with E-state index in [2.05, 4.69) is 0 Å². The molecular formula is C22H26N3O5S+. The van der Waals surface area contributed by atoms with Crippen LogP contribution in [0.5, 0.6) is 5.75 Å². The molecule has 1 aliphatic heterocycles. The fourth-order valence-electron chi connectivity index (χ4n) is 3.51. The van der Waals surface area contributed by atoms with Crippen LogP contribution in [0.3, 0.4) is 0 Å². The number of aliphatic hydroxyl groups is 1. The molecule has 1 aromatic heterocycles. The summed E-state index contributed by atoms with van der Waals surface area (Å²) in [5.74, 6) is -1.56. The molecule has 0 aliphatic carbocycles. The van der Waals surface area contributed by atoms with Gasteiger partial charge in [-0.15, -0.1) is 11.3 Å². The Bertz CT molecular complexity index is 983. The lowest BCUT2D eigenvalue weighted by molar-refractivity contribution is -0.858. The molecule has 1 aromatic carbocycles. The molecule has 9 heteroatoms. The second-order valence-corrected chi connectivity index (χ2v) is 8.55. The normalized spacial score (nSPS) is 16.3. The fourth-order valence-corrected chi connectivity index (χ4v) is 4.18. The molecule has 4 N–H and O–H groups in total. The van der Waals surface area contributed by atoms with Crippen LogP contribution < -0.4 is 15.4 Å². The Morgan fingerprint density at radius 2 is 1.94 bits per heavy atom. The van der Waals surface area contributed by atoms with Crippen LogP contribution in [0.15, 0.2) is 53.1 Å². The number of primary amides is 1. The predicted molar refractivity (Wildman–Crippen MR) is 116 cm³/mol. The monoisotopic (exact) mass is 444 g/mol.